The Balaban J connectivity index is 1.57. The van der Waals surface area contributed by atoms with Crippen molar-refractivity contribution in [2.75, 3.05) is 0 Å². The number of halogens is 2. The van der Waals surface area contributed by atoms with Crippen molar-refractivity contribution >= 4 is 23.2 Å². The lowest BCUT2D eigenvalue weighted by atomic mass is 10.1. The van der Waals surface area contributed by atoms with E-state index < -0.39 is 0 Å². The Labute approximate surface area is 164 Å². The molecule has 0 amide bonds. The minimum atomic E-state index is 0.286. The Kier molecular flexibility index (Phi) is 6.56. The van der Waals surface area contributed by atoms with Gasteiger partial charge in [0.15, 0.2) is 0 Å². The fourth-order valence-electron chi connectivity index (χ4n) is 2.68. The van der Waals surface area contributed by atoms with Crippen LogP contribution < -0.4 is 10.1 Å². The number of hydrogen-bond acceptors (Lipinski definition) is 2. The van der Waals surface area contributed by atoms with Gasteiger partial charge in [0, 0.05) is 28.2 Å². The molecule has 0 aliphatic heterocycles. The van der Waals surface area contributed by atoms with Crippen molar-refractivity contribution < 1.29 is 4.74 Å². The summed E-state index contributed by atoms with van der Waals surface area (Å²) in [4.78, 5) is 0. The van der Waals surface area contributed by atoms with Crippen LogP contribution in [0, 0.1) is 0 Å². The van der Waals surface area contributed by atoms with Gasteiger partial charge in [0.05, 0.1) is 0 Å². The van der Waals surface area contributed by atoms with Crippen LogP contribution in [-0.2, 0) is 13.2 Å². The smallest absolute Gasteiger partial charge is 0.120 e. The van der Waals surface area contributed by atoms with Crippen LogP contribution in [0.15, 0.2) is 72.8 Å². The molecule has 1 atom stereocenters. The summed E-state index contributed by atoms with van der Waals surface area (Å²) < 4.78 is 5.89. The van der Waals surface area contributed by atoms with Gasteiger partial charge in [-0.3, -0.25) is 0 Å². The van der Waals surface area contributed by atoms with Gasteiger partial charge in [-0.15, -0.1) is 0 Å². The van der Waals surface area contributed by atoms with Gasteiger partial charge in [-0.2, -0.15) is 0 Å². The van der Waals surface area contributed by atoms with Gasteiger partial charge in [0.2, 0.25) is 0 Å². The maximum atomic E-state index is 6.20. The molecule has 134 valence electrons. The molecule has 3 aromatic rings. The zero-order chi connectivity index (χ0) is 18.4. The van der Waals surface area contributed by atoms with E-state index in [-0.39, 0.29) is 6.04 Å². The van der Waals surface area contributed by atoms with Crippen molar-refractivity contribution in [3.05, 3.63) is 99.5 Å². The molecule has 3 aromatic carbocycles. The fraction of sp³-hybridized carbons (Fsp3) is 0.182. The van der Waals surface area contributed by atoms with Gasteiger partial charge in [0.25, 0.3) is 0 Å². The van der Waals surface area contributed by atoms with E-state index in [1.807, 2.05) is 30.3 Å². The molecule has 0 aromatic heterocycles. The van der Waals surface area contributed by atoms with Gasteiger partial charge in [-0.1, -0.05) is 71.7 Å². The summed E-state index contributed by atoms with van der Waals surface area (Å²) in [6.07, 6.45) is 0. The molecule has 0 bridgehead atoms. The molecule has 0 fully saturated rings. The molecule has 1 unspecified atom stereocenters. The highest BCUT2D eigenvalue weighted by molar-refractivity contribution is 6.35. The fourth-order valence-corrected chi connectivity index (χ4v) is 3.14. The van der Waals surface area contributed by atoms with Crippen LogP contribution in [0.3, 0.4) is 0 Å². The number of ether oxygens (including phenoxy) is 1. The maximum Gasteiger partial charge on any atom is 0.120 e. The first-order valence-electron chi connectivity index (χ1n) is 8.56. The molecule has 2 nitrogen and oxygen atoms in total. The van der Waals surface area contributed by atoms with Crippen LogP contribution in [0.25, 0.3) is 0 Å². The molecule has 1 N–H and O–H groups in total. The van der Waals surface area contributed by atoms with Crippen LogP contribution in [0.2, 0.25) is 10.0 Å². The Morgan fingerprint density at radius 2 is 1.73 bits per heavy atom. The first kappa shape index (κ1) is 18.8. The predicted molar refractivity (Wildman–Crippen MR) is 109 cm³/mol. The lowest BCUT2D eigenvalue weighted by Gasteiger charge is -2.15. The third kappa shape index (κ3) is 5.25. The zero-order valence-electron chi connectivity index (χ0n) is 14.6. The first-order chi connectivity index (χ1) is 12.6. The van der Waals surface area contributed by atoms with Crippen molar-refractivity contribution in [2.45, 2.75) is 26.1 Å². The van der Waals surface area contributed by atoms with E-state index >= 15 is 0 Å². The van der Waals surface area contributed by atoms with Crippen molar-refractivity contribution in [2.24, 2.45) is 0 Å². The van der Waals surface area contributed by atoms with E-state index in [9.17, 15) is 0 Å². The minimum absolute atomic E-state index is 0.286. The summed E-state index contributed by atoms with van der Waals surface area (Å²) in [6, 6.07) is 24.2. The lowest BCUT2D eigenvalue weighted by Crippen LogP contribution is -2.17. The van der Waals surface area contributed by atoms with E-state index in [4.69, 9.17) is 27.9 Å². The first-order valence-corrected chi connectivity index (χ1v) is 9.31. The summed E-state index contributed by atoms with van der Waals surface area (Å²) in [5.41, 5.74) is 3.36. The second kappa shape index (κ2) is 9.09. The average molecular weight is 386 g/mol. The summed E-state index contributed by atoms with van der Waals surface area (Å²) in [7, 11) is 0. The molecular weight excluding hydrogens is 365 g/mol. The third-order valence-electron chi connectivity index (χ3n) is 4.22. The second-order valence-corrected chi connectivity index (χ2v) is 7.03. The Hall–Kier alpha value is -2.00. The average Bonchev–Trinajstić information content (AvgIpc) is 2.66. The van der Waals surface area contributed by atoms with Crippen LogP contribution in [0.4, 0.5) is 0 Å². The highest BCUT2D eigenvalue weighted by Gasteiger charge is 2.06. The van der Waals surface area contributed by atoms with E-state index in [2.05, 4.69) is 48.6 Å². The number of hydrogen-bond donors (Lipinski definition) is 1. The molecule has 4 heteroatoms. The van der Waals surface area contributed by atoms with Gasteiger partial charge in [0.1, 0.15) is 12.4 Å². The molecule has 0 spiro atoms. The molecular formula is C22H21Cl2NO. The molecule has 0 aliphatic carbocycles. The van der Waals surface area contributed by atoms with Gasteiger partial charge in [-0.25, -0.2) is 0 Å². The SMILES string of the molecule is CC(NCc1cccc(OCc2ccc(Cl)cc2Cl)c1)c1ccccc1. The number of benzene rings is 3. The second-order valence-electron chi connectivity index (χ2n) is 6.19. The van der Waals surface area contributed by atoms with Crippen LogP contribution in [0.5, 0.6) is 5.75 Å². The summed E-state index contributed by atoms with van der Waals surface area (Å²) in [6.45, 7) is 3.35. The predicted octanol–water partition coefficient (Wildman–Crippen LogP) is 6.42. The largest absolute Gasteiger partial charge is 0.489 e. The molecule has 0 radical (unpaired) electrons. The molecule has 0 heterocycles. The highest BCUT2D eigenvalue weighted by atomic mass is 35.5. The molecule has 0 aliphatic rings. The van der Waals surface area contributed by atoms with Crippen molar-refractivity contribution in [3.8, 4) is 5.75 Å². The standard InChI is InChI=1S/C22H21Cl2NO/c1-16(18-7-3-2-4-8-18)25-14-17-6-5-9-21(12-17)26-15-19-10-11-20(23)13-22(19)24/h2-13,16,25H,14-15H2,1H3. The number of rotatable bonds is 7. The van der Waals surface area contributed by atoms with Gasteiger partial charge < -0.3 is 10.1 Å². The summed E-state index contributed by atoms with van der Waals surface area (Å²) in [5, 5.41) is 4.78. The van der Waals surface area contributed by atoms with Crippen LogP contribution in [0.1, 0.15) is 29.7 Å². The van der Waals surface area contributed by atoms with Crippen LogP contribution in [-0.4, -0.2) is 0 Å². The minimum Gasteiger partial charge on any atom is -0.489 e. The quantitative estimate of drug-likeness (QED) is 0.506. The van der Waals surface area contributed by atoms with Crippen molar-refractivity contribution in [1.82, 2.24) is 5.32 Å². The Bertz CT molecular complexity index is 852. The summed E-state index contributed by atoms with van der Waals surface area (Å²) in [5.74, 6) is 0.822. The maximum absolute atomic E-state index is 6.20. The Morgan fingerprint density at radius 3 is 2.50 bits per heavy atom. The monoisotopic (exact) mass is 385 g/mol. The third-order valence-corrected chi connectivity index (χ3v) is 4.81. The van der Waals surface area contributed by atoms with E-state index in [0.717, 1.165) is 17.9 Å². The van der Waals surface area contributed by atoms with Crippen LogP contribution >= 0.6 is 23.2 Å². The van der Waals surface area contributed by atoms with E-state index in [0.29, 0.717) is 16.7 Å². The van der Waals surface area contributed by atoms with E-state index in [1.165, 1.54) is 11.1 Å². The Morgan fingerprint density at radius 1 is 0.923 bits per heavy atom. The van der Waals surface area contributed by atoms with Crippen molar-refractivity contribution in [1.29, 1.82) is 0 Å². The highest BCUT2D eigenvalue weighted by Crippen LogP contribution is 2.23. The van der Waals surface area contributed by atoms with Crippen molar-refractivity contribution in [3.63, 3.8) is 0 Å². The van der Waals surface area contributed by atoms with Gasteiger partial charge >= 0.3 is 0 Å². The normalized spacial score (nSPS) is 12.0. The zero-order valence-corrected chi connectivity index (χ0v) is 16.1. The molecule has 3 rings (SSSR count). The molecule has 26 heavy (non-hydrogen) atoms. The molecule has 0 saturated carbocycles. The molecule has 0 saturated heterocycles. The number of nitrogens with one attached hydrogen (secondary N) is 1. The lowest BCUT2D eigenvalue weighted by molar-refractivity contribution is 0.306. The van der Waals surface area contributed by atoms with E-state index in [1.54, 1.807) is 6.07 Å². The van der Waals surface area contributed by atoms with Gasteiger partial charge in [-0.05, 0) is 42.3 Å². The topological polar surface area (TPSA) is 21.3 Å². The summed E-state index contributed by atoms with van der Waals surface area (Å²) >= 11 is 12.1.